The van der Waals surface area contributed by atoms with E-state index in [9.17, 15) is 0 Å². The van der Waals surface area contributed by atoms with Gasteiger partial charge >= 0.3 is 0 Å². The van der Waals surface area contributed by atoms with Gasteiger partial charge in [0.1, 0.15) is 0 Å². The first-order chi connectivity index (χ1) is 6.65. The van der Waals surface area contributed by atoms with Gasteiger partial charge in [-0.2, -0.15) is 0 Å². The van der Waals surface area contributed by atoms with Gasteiger partial charge in [0.25, 0.3) is 0 Å². The third kappa shape index (κ3) is 1.83. The Morgan fingerprint density at radius 3 is 2.07 bits per heavy atom. The number of rotatable bonds is 3. The fourth-order valence-electron chi connectivity index (χ4n) is 2.56. The first-order valence-corrected chi connectivity index (χ1v) is 5.29. The van der Waals surface area contributed by atoms with Crippen molar-refractivity contribution in [1.29, 1.82) is 0 Å². The number of hydrogen-bond acceptors (Lipinski definition) is 1. The molecule has 0 heterocycles. The van der Waals surface area contributed by atoms with Gasteiger partial charge in [-0.05, 0) is 30.1 Å². The van der Waals surface area contributed by atoms with Gasteiger partial charge in [-0.15, -0.1) is 19.7 Å². The average molecular weight is 191 g/mol. The lowest BCUT2D eigenvalue weighted by Gasteiger charge is -2.41. The van der Waals surface area contributed by atoms with Gasteiger partial charge in [0.15, 0.2) is 0 Å². The van der Waals surface area contributed by atoms with E-state index in [2.05, 4.69) is 26.7 Å². The summed E-state index contributed by atoms with van der Waals surface area (Å²) in [4.78, 5) is 0. The van der Waals surface area contributed by atoms with Gasteiger partial charge in [0.2, 0.25) is 0 Å². The Morgan fingerprint density at radius 2 is 1.64 bits per heavy atom. The molecule has 14 heavy (non-hydrogen) atoms. The molecular weight excluding hydrogens is 170 g/mol. The van der Waals surface area contributed by atoms with E-state index >= 15 is 0 Å². The maximum atomic E-state index is 6.16. The van der Waals surface area contributed by atoms with E-state index in [0.717, 1.165) is 6.42 Å². The molecule has 5 unspecified atom stereocenters. The van der Waals surface area contributed by atoms with E-state index in [1.54, 1.807) is 0 Å². The summed E-state index contributed by atoms with van der Waals surface area (Å²) in [5.41, 5.74) is 6.16. The fourth-order valence-corrected chi connectivity index (χ4v) is 2.56. The summed E-state index contributed by atoms with van der Waals surface area (Å²) >= 11 is 0. The quantitative estimate of drug-likeness (QED) is 0.682. The van der Waals surface area contributed by atoms with Gasteiger partial charge in [0, 0.05) is 6.04 Å². The Labute approximate surface area is 87.4 Å². The van der Waals surface area contributed by atoms with Crippen molar-refractivity contribution in [2.45, 2.75) is 19.4 Å². The second kappa shape index (κ2) is 4.61. The van der Waals surface area contributed by atoms with E-state index < -0.39 is 0 Å². The highest BCUT2D eigenvalue weighted by molar-refractivity contribution is 5.06. The SMILES string of the molecule is C=CC1CC(C=C)C(C=C)C(C)C1N. The van der Waals surface area contributed by atoms with Crippen molar-refractivity contribution in [3.63, 3.8) is 0 Å². The van der Waals surface area contributed by atoms with Crippen molar-refractivity contribution in [3.8, 4) is 0 Å². The number of allylic oxidation sites excluding steroid dienone is 2. The minimum absolute atomic E-state index is 0.215. The molecule has 0 radical (unpaired) electrons. The largest absolute Gasteiger partial charge is 0.327 e. The van der Waals surface area contributed by atoms with Crippen molar-refractivity contribution in [2.24, 2.45) is 29.4 Å². The Hall–Kier alpha value is -0.820. The molecule has 0 saturated heterocycles. The van der Waals surface area contributed by atoms with Crippen molar-refractivity contribution in [3.05, 3.63) is 38.0 Å². The lowest BCUT2D eigenvalue weighted by molar-refractivity contribution is 0.174. The molecule has 0 bridgehead atoms. The van der Waals surface area contributed by atoms with Crippen LogP contribution >= 0.6 is 0 Å². The summed E-state index contributed by atoms with van der Waals surface area (Å²) < 4.78 is 0. The molecule has 0 spiro atoms. The zero-order valence-electron chi connectivity index (χ0n) is 9.02. The Bertz CT molecular complexity index is 231. The maximum absolute atomic E-state index is 6.16. The van der Waals surface area contributed by atoms with E-state index in [1.165, 1.54) is 0 Å². The first-order valence-electron chi connectivity index (χ1n) is 5.29. The van der Waals surface area contributed by atoms with Crippen LogP contribution in [0.5, 0.6) is 0 Å². The van der Waals surface area contributed by atoms with E-state index in [1.807, 2.05) is 18.2 Å². The average Bonchev–Trinajstić information content (AvgIpc) is 2.21. The predicted molar refractivity (Wildman–Crippen MR) is 62.8 cm³/mol. The Morgan fingerprint density at radius 1 is 1.07 bits per heavy atom. The molecule has 1 rings (SSSR count). The fraction of sp³-hybridized carbons (Fsp3) is 0.538. The highest BCUT2D eigenvalue weighted by Gasteiger charge is 2.36. The highest BCUT2D eigenvalue weighted by Crippen LogP contribution is 2.38. The Kier molecular flexibility index (Phi) is 3.70. The number of nitrogens with two attached hydrogens (primary N) is 1. The normalized spacial score (nSPS) is 42.9. The van der Waals surface area contributed by atoms with Crippen LogP contribution < -0.4 is 5.73 Å². The van der Waals surface area contributed by atoms with Crippen LogP contribution in [0.2, 0.25) is 0 Å². The smallest absolute Gasteiger partial charge is 0.0134 e. The molecule has 78 valence electrons. The molecule has 1 fully saturated rings. The minimum Gasteiger partial charge on any atom is -0.327 e. The molecule has 0 aromatic carbocycles. The van der Waals surface area contributed by atoms with E-state index in [4.69, 9.17) is 5.73 Å². The molecule has 0 aliphatic heterocycles. The van der Waals surface area contributed by atoms with Gasteiger partial charge < -0.3 is 5.73 Å². The molecule has 5 atom stereocenters. The number of hydrogen-bond donors (Lipinski definition) is 1. The monoisotopic (exact) mass is 191 g/mol. The van der Waals surface area contributed by atoms with Crippen molar-refractivity contribution in [1.82, 2.24) is 0 Å². The lowest BCUT2D eigenvalue weighted by Crippen LogP contribution is -2.45. The van der Waals surface area contributed by atoms with Gasteiger partial charge in [-0.3, -0.25) is 0 Å². The van der Waals surface area contributed by atoms with Gasteiger partial charge in [-0.25, -0.2) is 0 Å². The zero-order chi connectivity index (χ0) is 10.7. The second-order valence-corrected chi connectivity index (χ2v) is 4.28. The van der Waals surface area contributed by atoms with Crippen LogP contribution in [0.15, 0.2) is 38.0 Å². The van der Waals surface area contributed by atoms with E-state index in [0.29, 0.717) is 23.7 Å². The van der Waals surface area contributed by atoms with Crippen LogP contribution in [-0.2, 0) is 0 Å². The van der Waals surface area contributed by atoms with Crippen LogP contribution in [0.4, 0.5) is 0 Å². The predicted octanol–water partition coefficient (Wildman–Crippen LogP) is 2.76. The van der Waals surface area contributed by atoms with Crippen LogP contribution in [0.25, 0.3) is 0 Å². The van der Waals surface area contributed by atoms with Gasteiger partial charge in [-0.1, -0.05) is 25.2 Å². The summed E-state index contributed by atoms with van der Waals surface area (Å²) in [7, 11) is 0. The van der Waals surface area contributed by atoms with Gasteiger partial charge in [0.05, 0.1) is 0 Å². The van der Waals surface area contributed by atoms with Crippen LogP contribution in [-0.4, -0.2) is 6.04 Å². The van der Waals surface area contributed by atoms with E-state index in [-0.39, 0.29) is 6.04 Å². The molecule has 0 amide bonds. The third-order valence-electron chi connectivity index (χ3n) is 3.63. The van der Waals surface area contributed by atoms with Crippen LogP contribution in [0.1, 0.15) is 13.3 Å². The standard InChI is InChI=1S/C13H21N/c1-5-10-8-11(6-2)13(14)9(4)12(10)7-3/h5-7,9-13H,1-3,8,14H2,4H3. The molecule has 1 nitrogen and oxygen atoms in total. The molecule has 1 saturated carbocycles. The lowest BCUT2D eigenvalue weighted by atomic mass is 9.66. The summed E-state index contributed by atoms with van der Waals surface area (Å²) in [6.07, 6.45) is 7.10. The minimum atomic E-state index is 0.215. The molecule has 1 heteroatoms. The molecule has 1 aliphatic rings. The topological polar surface area (TPSA) is 26.0 Å². The first kappa shape index (κ1) is 11.3. The third-order valence-corrected chi connectivity index (χ3v) is 3.63. The second-order valence-electron chi connectivity index (χ2n) is 4.28. The summed E-state index contributed by atoms with van der Waals surface area (Å²) in [6, 6.07) is 0.215. The molecule has 0 aromatic rings. The summed E-state index contributed by atoms with van der Waals surface area (Å²) in [6.45, 7) is 13.8. The molecule has 2 N–H and O–H groups in total. The molecule has 0 aromatic heterocycles. The maximum Gasteiger partial charge on any atom is 0.0134 e. The Balaban J connectivity index is 2.86. The van der Waals surface area contributed by atoms with Crippen LogP contribution in [0, 0.1) is 23.7 Å². The zero-order valence-corrected chi connectivity index (χ0v) is 9.02. The van der Waals surface area contributed by atoms with Crippen molar-refractivity contribution in [2.75, 3.05) is 0 Å². The molecule has 1 aliphatic carbocycles. The van der Waals surface area contributed by atoms with Crippen molar-refractivity contribution < 1.29 is 0 Å². The summed E-state index contributed by atoms with van der Waals surface area (Å²) in [5, 5.41) is 0. The van der Waals surface area contributed by atoms with Crippen LogP contribution in [0.3, 0.4) is 0 Å². The van der Waals surface area contributed by atoms with Crippen molar-refractivity contribution >= 4 is 0 Å². The summed E-state index contributed by atoms with van der Waals surface area (Å²) in [5.74, 6) is 1.86. The molecular formula is C13H21N. The highest BCUT2D eigenvalue weighted by atomic mass is 14.7.